The van der Waals surface area contributed by atoms with Gasteiger partial charge in [-0.05, 0) is 31.8 Å². The van der Waals surface area contributed by atoms with E-state index < -0.39 is 4.92 Å². The molecule has 0 fully saturated rings. The Labute approximate surface area is 135 Å². The molecule has 6 heteroatoms. The zero-order valence-corrected chi connectivity index (χ0v) is 13.3. The number of benzene rings is 2. The average molecular weight is 316 g/mol. The molecule has 122 valence electrons. The highest BCUT2D eigenvalue weighted by Gasteiger charge is 2.22. The quantitative estimate of drug-likeness (QED) is 0.553. The van der Waals surface area contributed by atoms with Crippen molar-refractivity contribution in [2.45, 2.75) is 6.61 Å². The van der Waals surface area contributed by atoms with Gasteiger partial charge >= 0.3 is 5.69 Å². The second-order valence-electron chi connectivity index (χ2n) is 5.29. The van der Waals surface area contributed by atoms with Crippen LogP contribution in [0.1, 0.15) is 5.56 Å². The molecule has 0 aliphatic rings. The van der Waals surface area contributed by atoms with Crippen LogP contribution in [0, 0.1) is 10.1 Å². The molecule has 2 aromatic rings. The maximum atomic E-state index is 11.4. The van der Waals surface area contributed by atoms with Crippen LogP contribution in [0.4, 0.5) is 5.69 Å². The predicted molar refractivity (Wildman–Crippen MR) is 87.9 cm³/mol. The van der Waals surface area contributed by atoms with Gasteiger partial charge in [0.15, 0.2) is 0 Å². The zero-order chi connectivity index (χ0) is 16.7. The van der Waals surface area contributed by atoms with Crippen molar-refractivity contribution >= 4 is 5.69 Å². The normalized spacial score (nSPS) is 10.6. The summed E-state index contributed by atoms with van der Waals surface area (Å²) in [5, 5.41) is 11.4. The lowest BCUT2D eigenvalue weighted by atomic mass is 10.2. The minimum absolute atomic E-state index is 0.137. The highest BCUT2D eigenvalue weighted by molar-refractivity contribution is 5.57. The zero-order valence-electron chi connectivity index (χ0n) is 13.3. The van der Waals surface area contributed by atoms with Gasteiger partial charge in [0, 0.05) is 6.54 Å². The number of ether oxygens (including phenoxy) is 2. The second kappa shape index (κ2) is 8.14. The van der Waals surface area contributed by atoms with Crippen LogP contribution in [0.5, 0.6) is 11.5 Å². The van der Waals surface area contributed by atoms with Crippen molar-refractivity contribution in [3.8, 4) is 11.5 Å². The van der Waals surface area contributed by atoms with E-state index in [1.165, 1.54) is 0 Å². The second-order valence-corrected chi connectivity index (χ2v) is 5.29. The summed E-state index contributed by atoms with van der Waals surface area (Å²) in [6, 6.07) is 14.4. The van der Waals surface area contributed by atoms with Crippen LogP contribution in [0.25, 0.3) is 0 Å². The Bertz CT molecular complexity index is 644. The van der Waals surface area contributed by atoms with Crippen LogP contribution >= 0.6 is 0 Å². The Kier molecular flexibility index (Phi) is 5.94. The van der Waals surface area contributed by atoms with E-state index in [0.29, 0.717) is 13.2 Å². The van der Waals surface area contributed by atoms with Crippen molar-refractivity contribution < 1.29 is 14.4 Å². The molecule has 0 atom stereocenters. The number of hydrogen-bond donors (Lipinski definition) is 0. The van der Waals surface area contributed by atoms with Crippen molar-refractivity contribution in [3.63, 3.8) is 0 Å². The number of likely N-dealkylation sites (N-methyl/N-ethyl adjacent to an activating group) is 1. The number of hydrogen-bond acceptors (Lipinski definition) is 5. The SMILES string of the molecule is CN(C)CCOc1cccc(OCc2ccccc2)c1[N+](=O)[O-]. The third-order valence-corrected chi connectivity index (χ3v) is 3.18. The molecular weight excluding hydrogens is 296 g/mol. The Balaban J connectivity index is 2.13. The molecule has 2 rings (SSSR count). The van der Waals surface area contributed by atoms with Crippen LogP contribution in [-0.2, 0) is 6.61 Å². The molecule has 0 saturated carbocycles. The van der Waals surface area contributed by atoms with Gasteiger partial charge in [0.1, 0.15) is 13.2 Å². The third-order valence-electron chi connectivity index (χ3n) is 3.18. The van der Waals surface area contributed by atoms with E-state index in [0.717, 1.165) is 5.56 Å². The summed E-state index contributed by atoms with van der Waals surface area (Å²) in [5.41, 5.74) is 0.808. The van der Waals surface area contributed by atoms with Crippen molar-refractivity contribution in [2.75, 3.05) is 27.2 Å². The maximum absolute atomic E-state index is 11.4. The minimum atomic E-state index is -0.467. The number of nitrogens with zero attached hydrogens (tertiary/aromatic N) is 2. The van der Waals surface area contributed by atoms with E-state index in [-0.39, 0.29) is 23.8 Å². The molecule has 0 amide bonds. The number of nitro groups is 1. The first-order valence-electron chi connectivity index (χ1n) is 7.29. The Morgan fingerprint density at radius 2 is 1.65 bits per heavy atom. The Morgan fingerprint density at radius 1 is 1.00 bits per heavy atom. The van der Waals surface area contributed by atoms with Crippen molar-refractivity contribution in [2.24, 2.45) is 0 Å². The molecule has 23 heavy (non-hydrogen) atoms. The fourth-order valence-corrected chi connectivity index (χ4v) is 1.99. The summed E-state index contributed by atoms with van der Waals surface area (Å²) >= 11 is 0. The molecule has 0 spiro atoms. The molecule has 0 heterocycles. The molecule has 0 N–H and O–H groups in total. The Hall–Kier alpha value is -2.60. The standard InChI is InChI=1S/C17H20N2O4/c1-18(2)11-12-22-15-9-6-10-16(17(15)19(20)21)23-13-14-7-4-3-5-8-14/h3-10H,11-13H2,1-2H3. The molecule has 0 aromatic heterocycles. The minimum Gasteiger partial charge on any atom is -0.485 e. The fourth-order valence-electron chi connectivity index (χ4n) is 1.99. The van der Waals surface area contributed by atoms with Gasteiger partial charge in [0.05, 0.1) is 4.92 Å². The lowest BCUT2D eigenvalue weighted by molar-refractivity contribution is -0.387. The molecule has 0 bridgehead atoms. The summed E-state index contributed by atoms with van der Waals surface area (Å²) in [4.78, 5) is 12.9. The topological polar surface area (TPSA) is 64.8 Å². The molecule has 2 aromatic carbocycles. The van der Waals surface area contributed by atoms with Gasteiger partial charge in [-0.1, -0.05) is 36.4 Å². The van der Waals surface area contributed by atoms with Gasteiger partial charge in [-0.2, -0.15) is 0 Å². The molecule has 0 aliphatic heterocycles. The summed E-state index contributed by atoms with van der Waals surface area (Å²) < 4.78 is 11.2. The van der Waals surface area contributed by atoms with Crippen molar-refractivity contribution in [1.29, 1.82) is 0 Å². The van der Waals surface area contributed by atoms with Crippen LogP contribution in [-0.4, -0.2) is 37.1 Å². The third kappa shape index (κ3) is 4.96. The molecule has 6 nitrogen and oxygen atoms in total. The lowest BCUT2D eigenvalue weighted by Gasteiger charge is -2.13. The molecule has 0 unspecified atom stereocenters. The van der Waals surface area contributed by atoms with Crippen LogP contribution in [0.3, 0.4) is 0 Å². The van der Waals surface area contributed by atoms with Crippen LogP contribution in [0.15, 0.2) is 48.5 Å². The summed E-state index contributed by atoms with van der Waals surface area (Å²) in [6.45, 7) is 1.31. The van der Waals surface area contributed by atoms with Gasteiger partial charge in [-0.25, -0.2) is 0 Å². The van der Waals surface area contributed by atoms with Crippen molar-refractivity contribution in [3.05, 3.63) is 64.2 Å². The smallest absolute Gasteiger partial charge is 0.352 e. The number of para-hydroxylation sites is 1. The van der Waals surface area contributed by atoms with Crippen LogP contribution in [0.2, 0.25) is 0 Å². The summed E-state index contributed by atoms with van der Waals surface area (Å²) in [7, 11) is 3.83. The van der Waals surface area contributed by atoms with E-state index >= 15 is 0 Å². The van der Waals surface area contributed by atoms with Gasteiger partial charge in [-0.3, -0.25) is 10.1 Å². The van der Waals surface area contributed by atoms with E-state index in [1.54, 1.807) is 18.2 Å². The van der Waals surface area contributed by atoms with E-state index in [1.807, 2.05) is 49.3 Å². The maximum Gasteiger partial charge on any atom is 0.352 e. The van der Waals surface area contributed by atoms with E-state index in [4.69, 9.17) is 9.47 Å². The van der Waals surface area contributed by atoms with E-state index in [2.05, 4.69) is 0 Å². The summed E-state index contributed by atoms with van der Waals surface area (Å²) in [5.74, 6) is 0.434. The predicted octanol–water partition coefficient (Wildman–Crippen LogP) is 3.11. The summed E-state index contributed by atoms with van der Waals surface area (Å²) in [6.07, 6.45) is 0. The largest absolute Gasteiger partial charge is 0.485 e. The van der Waals surface area contributed by atoms with Crippen LogP contribution < -0.4 is 9.47 Å². The highest BCUT2D eigenvalue weighted by atomic mass is 16.6. The van der Waals surface area contributed by atoms with Gasteiger partial charge < -0.3 is 14.4 Å². The molecular formula is C17H20N2O4. The Morgan fingerprint density at radius 3 is 2.26 bits per heavy atom. The molecule has 0 radical (unpaired) electrons. The number of rotatable bonds is 8. The molecule has 0 saturated heterocycles. The monoisotopic (exact) mass is 316 g/mol. The van der Waals surface area contributed by atoms with E-state index in [9.17, 15) is 10.1 Å². The van der Waals surface area contributed by atoms with Gasteiger partial charge in [0.2, 0.25) is 11.5 Å². The highest BCUT2D eigenvalue weighted by Crippen LogP contribution is 2.36. The first-order chi connectivity index (χ1) is 11.1. The fraction of sp³-hybridized carbons (Fsp3) is 0.294. The first-order valence-corrected chi connectivity index (χ1v) is 7.29. The number of nitro benzene ring substituents is 1. The first kappa shape index (κ1) is 16.8. The lowest BCUT2D eigenvalue weighted by Crippen LogP contribution is -2.19. The van der Waals surface area contributed by atoms with Gasteiger partial charge in [-0.15, -0.1) is 0 Å². The van der Waals surface area contributed by atoms with Crippen molar-refractivity contribution in [1.82, 2.24) is 4.90 Å². The average Bonchev–Trinajstić information content (AvgIpc) is 2.53. The van der Waals surface area contributed by atoms with Gasteiger partial charge in [0.25, 0.3) is 0 Å². The molecule has 0 aliphatic carbocycles.